The van der Waals surface area contributed by atoms with Gasteiger partial charge in [-0.1, -0.05) is 25.4 Å². The Morgan fingerprint density at radius 3 is 2.86 bits per heavy atom. The van der Waals surface area contributed by atoms with Gasteiger partial charge in [-0.05, 0) is 31.0 Å². The monoisotopic (exact) mass is 324 g/mol. The Morgan fingerprint density at radius 1 is 1.48 bits per heavy atom. The molecule has 112 valence electrons. The van der Waals surface area contributed by atoms with Gasteiger partial charge in [-0.15, -0.1) is 11.3 Å². The Labute approximate surface area is 132 Å². The average Bonchev–Trinajstić information content (AvgIpc) is 2.74. The van der Waals surface area contributed by atoms with Crippen LogP contribution in [0.25, 0.3) is 0 Å². The number of nitrogens with one attached hydrogen (secondary N) is 1. The number of aryl methyl sites for hydroxylation is 1. The first-order valence-electron chi connectivity index (χ1n) is 6.63. The Hall–Kier alpha value is -1.59. The van der Waals surface area contributed by atoms with E-state index in [1.54, 1.807) is 6.07 Å². The van der Waals surface area contributed by atoms with Crippen molar-refractivity contribution >= 4 is 34.5 Å². The molecule has 1 heterocycles. The highest BCUT2D eigenvalue weighted by Gasteiger charge is 2.17. The summed E-state index contributed by atoms with van der Waals surface area (Å²) < 4.78 is 0. The number of hydrogen-bond donors (Lipinski definition) is 2. The van der Waals surface area contributed by atoms with Crippen LogP contribution in [0.2, 0.25) is 5.02 Å². The second kappa shape index (κ2) is 6.45. The minimum atomic E-state index is -0.280. The predicted molar refractivity (Wildman–Crippen MR) is 86.5 cm³/mol. The Kier molecular flexibility index (Phi) is 4.85. The van der Waals surface area contributed by atoms with Gasteiger partial charge in [-0.3, -0.25) is 4.79 Å². The molecule has 0 aliphatic rings. The van der Waals surface area contributed by atoms with Crippen molar-refractivity contribution in [1.29, 1.82) is 0 Å². The Bertz CT molecular complexity index is 668. The van der Waals surface area contributed by atoms with Crippen molar-refractivity contribution in [3.63, 3.8) is 0 Å². The second-order valence-electron chi connectivity index (χ2n) is 5.24. The fourth-order valence-corrected chi connectivity index (χ4v) is 3.23. The average molecular weight is 325 g/mol. The van der Waals surface area contributed by atoms with E-state index in [4.69, 9.17) is 11.6 Å². The van der Waals surface area contributed by atoms with Gasteiger partial charge in [0.2, 0.25) is 0 Å². The van der Waals surface area contributed by atoms with E-state index in [1.807, 2.05) is 6.92 Å². The first-order chi connectivity index (χ1) is 9.86. The summed E-state index contributed by atoms with van der Waals surface area (Å²) in [7, 11) is 0. The molecule has 1 aromatic heterocycles. The molecule has 0 aliphatic carbocycles. The minimum absolute atomic E-state index is 0.0164. The van der Waals surface area contributed by atoms with E-state index in [2.05, 4.69) is 24.1 Å². The minimum Gasteiger partial charge on any atom is -0.506 e. The highest BCUT2D eigenvalue weighted by Crippen LogP contribution is 2.28. The SMILES string of the molecule is Cc1nc(CC(C)C)sc1C(=O)Nc1cc(Cl)ccc1O. The second-order valence-corrected chi connectivity index (χ2v) is 6.76. The first-order valence-corrected chi connectivity index (χ1v) is 7.82. The molecule has 0 bridgehead atoms. The molecule has 1 aromatic carbocycles. The zero-order valence-corrected chi connectivity index (χ0v) is 13.7. The lowest BCUT2D eigenvalue weighted by atomic mass is 10.1. The number of phenols is 1. The van der Waals surface area contributed by atoms with Gasteiger partial charge in [0, 0.05) is 11.4 Å². The predicted octanol–water partition coefficient (Wildman–Crippen LogP) is 4.26. The van der Waals surface area contributed by atoms with Crippen molar-refractivity contribution in [3.05, 3.63) is 38.8 Å². The molecule has 0 spiro atoms. The summed E-state index contributed by atoms with van der Waals surface area (Å²) in [6.07, 6.45) is 0.848. The van der Waals surface area contributed by atoms with E-state index in [0.29, 0.717) is 27.2 Å². The molecule has 0 radical (unpaired) electrons. The third-order valence-electron chi connectivity index (χ3n) is 2.84. The number of anilines is 1. The normalized spacial score (nSPS) is 10.9. The molecule has 1 amide bonds. The molecule has 2 aromatic rings. The molecule has 0 saturated heterocycles. The van der Waals surface area contributed by atoms with E-state index < -0.39 is 0 Å². The van der Waals surface area contributed by atoms with Gasteiger partial charge in [-0.25, -0.2) is 4.98 Å². The van der Waals surface area contributed by atoms with Crippen molar-refractivity contribution in [3.8, 4) is 5.75 Å². The van der Waals surface area contributed by atoms with Gasteiger partial charge in [-0.2, -0.15) is 0 Å². The van der Waals surface area contributed by atoms with E-state index in [0.717, 1.165) is 11.4 Å². The van der Waals surface area contributed by atoms with Crippen LogP contribution in [0, 0.1) is 12.8 Å². The third-order valence-corrected chi connectivity index (χ3v) is 4.25. The lowest BCUT2D eigenvalue weighted by Crippen LogP contribution is -2.11. The fraction of sp³-hybridized carbons (Fsp3) is 0.333. The zero-order chi connectivity index (χ0) is 15.6. The first kappa shape index (κ1) is 15.8. The maximum Gasteiger partial charge on any atom is 0.267 e. The van der Waals surface area contributed by atoms with Gasteiger partial charge >= 0.3 is 0 Å². The quantitative estimate of drug-likeness (QED) is 0.826. The number of thiazole rings is 1. The number of aromatic nitrogens is 1. The molecule has 0 saturated carbocycles. The number of amides is 1. The highest BCUT2D eigenvalue weighted by atomic mass is 35.5. The van der Waals surface area contributed by atoms with Crippen molar-refractivity contribution in [1.82, 2.24) is 4.98 Å². The van der Waals surface area contributed by atoms with Crippen molar-refractivity contribution in [2.24, 2.45) is 5.92 Å². The lowest BCUT2D eigenvalue weighted by Gasteiger charge is -2.06. The van der Waals surface area contributed by atoms with Gasteiger partial charge < -0.3 is 10.4 Å². The van der Waals surface area contributed by atoms with Crippen LogP contribution in [-0.2, 0) is 6.42 Å². The summed E-state index contributed by atoms with van der Waals surface area (Å²) >= 11 is 7.25. The van der Waals surface area contributed by atoms with Crippen molar-refractivity contribution in [2.75, 3.05) is 5.32 Å². The topological polar surface area (TPSA) is 62.2 Å². The molecule has 0 atom stereocenters. The Morgan fingerprint density at radius 2 is 2.19 bits per heavy atom. The number of rotatable bonds is 4. The molecular formula is C15H17ClN2O2S. The van der Waals surface area contributed by atoms with E-state index in [1.165, 1.54) is 23.5 Å². The summed E-state index contributed by atoms with van der Waals surface area (Å²) in [6, 6.07) is 4.52. The van der Waals surface area contributed by atoms with Gasteiger partial charge in [0.25, 0.3) is 5.91 Å². The van der Waals surface area contributed by atoms with Crippen LogP contribution < -0.4 is 5.32 Å². The summed E-state index contributed by atoms with van der Waals surface area (Å²) in [6.45, 7) is 6.04. The number of carbonyl (C=O) groups excluding carboxylic acids is 1. The van der Waals surface area contributed by atoms with E-state index >= 15 is 0 Å². The zero-order valence-electron chi connectivity index (χ0n) is 12.1. The Balaban J connectivity index is 2.20. The largest absolute Gasteiger partial charge is 0.506 e. The van der Waals surface area contributed by atoms with Crippen molar-refractivity contribution < 1.29 is 9.90 Å². The lowest BCUT2D eigenvalue weighted by molar-refractivity contribution is 0.102. The summed E-state index contributed by atoms with van der Waals surface area (Å²) in [5.41, 5.74) is 1.00. The van der Waals surface area contributed by atoms with Gasteiger partial charge in [0.1, 0.15) is 10.6 Å². The standard InChI is InChI=1S/C15H17ClN2O2S/c1-8(2)6-13-17-9(3)14(21-13)15(20)18-11-7-10(16)4-5-12(11)19/h4-5,7-8,19H,6H2,1-3H3,(H,18,20). The smallest absolute Gasteiger partial charge is 0.267 e. The van der Waals surface area contributed by atoms with Crippen LogP contribution in [0.1, 0.15) is 34.2 Å². The number of hydrogen-bond acceptors (Lipinski definition) is 4. The molecule has 0 unspecified atom stereocenters. The molecule has 2 rings (SSSR count). The number of aromatic hydroxyl groups is 1. The van der Waals surface area contributed by atoms with Crippen LogP contribution in [0.3, 0.4) is 0 Å². The highest BCUT2D eigenvalue weighted by molar-refractivity contribution is 7.13. The van der Waals surface area contributed by atoms with Crippen LogP contribution in [0.15, 0.2) is 18.2 Å². The summed E-state index contributed by atoms with van der Waals surface area (Å²) in [5, 5.41) is 13.8. The molecule has 0 aliphatic heterocycles. The number of benzene rings is 1. The molecule has 21 heavy (non-hydrogen) atoms. The van der Waals surface area contributed by atoms with Crippen molar-refractivity contribution in [2.45, 2.75) is 27.2 Å². The fourth-order valence-electron chi connectivity index (χ4n) is 1.89. The molecule has 6 heteroatoms. The van der Waals surface area contributed by atoms with Crippen LogP contribution in [0.5, 0.6) is 5.75 Å². The summed E-state index contributed by atoms with van der Waals surface area (Å²) in [5.74, 6) is 0.193. The van der Waals surface area contributed by atoms with E-state index in [9.17, 15) is 9.90 Å². The maximum absolute atomic E-state index is 12.3. The molecular weight excluding hydrogens is 308 g/mol. The number of carbonyl (C=O) groups is 1. The van der Waals surface area contributed by atoms with Crippen LogP contribution in [0.4, 0.5) is 5.69 Å². The molecule has 4 nitrogen and oxygen atoms in total. The van der Waals surface area contributed by atoms with Gasteiger partial charge in [0.15, 0.2) is 0 Å². The number of nitrogens with zero attached hydrogens (tertiary/aromatic N) is 1. The molecule has 0 fully saturated rings. The maximum atomic E-state index is 12.3. The number of phenolic OH excluding ortho intramolecular Hbond substituents is 1. The summed E-state index contributed by atoms with van der Waals surface area (Å²) in [4.78, 5) is 17.3. The van der Waals surface area contributed by atoms with Crippen LogP contribution >= 0.6 is 22.9 Å². The van der Waals surface area contributed by atoms with Gasteiger partial charge in [0.05, 0.1) is 16.4 Å². The van der Waals surface area contributed by atoms with E-state index in [-0.39, 0.29) is 11.7 Å². The number of halogens is 1. The third kappa shape index (κ3) is 3.95. The molecule has 2 N–H and O–H groups in total. The van der Waals surface area contributed by atoms with Crippen LogP contribution in [-0.4, -0.2) is 16.0 Å².